The highest BCUT2D eigenvalue weighted by atomic mass is 15.2. The van der Waals surface area contributed by atoms with Crippen molar-refractivity contribution < 1.29 is 0 Å². The third-order valence-electron chi connectivity index (χ3n) is 22.3. The Morgan fingerprint density at radius 1 is 0.255 bits per heavy atom. The quantitative estimate of drug-likeness (QED) is 0.0811. The Hall–Kier alpha value is -11.7. The Morgan fingerprint density at radius 2 is 0.647 bits per heavy atom. The lowest BCUT2D eigenvalue weighted by Gasteiger charge is -2.46. The first-order valence-corrected chi connectivity index (χ1v) is 36.3. The molecular weight excluding hydrogens is 1230 g/mol. The van der Waals surface area contributed by atoms with Crippen LogP contribution >= 0.6 is 0 Å². The molecule has 0 unspecified atom stereocenters. The summed E-state index contributed by atoms with van der Waals surface area (Å²) in [7, 11) is 0. The zero-order valence-corrected chi connectivity index (χ0v) is 59.4. The van der Waals surface area contributed by atoms with Gasteiger partial charge in [-0.05, 0) is 181 Å². The molecule has 0 fully saturated rings. The van der Waals surface area contributed by atoms with Crippen molar-refractivity contribution in [2.24, 2.45) is 0 Å². The molecule has 102 heavy (non-hydrogen) atoms. The minimum atomic E-state index is -0.319. The smallest absolute Gasteiger partial charge is 0.252 e. The molecule has 16 aromatic carbocycles. The first kappa shape index (κ1) is 61.4. The Morgan fingerprint density at radius 3 is 1.11 bits per heavy atom. The normalized spacial score (nSPS) is 13.1. The lowest BCUT2D eigenvalue weighted by molar-refractivity contribution is 0.569. The molecule has 4 heteroatoms. The van der Waals surface area contributed by atoms with Gasteiger partial charge in [0.1, 0.15) is 0 Å². The summed E-state index contributed by atoms with van der Waals surface area (Å²) in [5.41, 5.74) is 31.5. The number of rotatable bonds is 9. The summed E-state index contributed by atoms with van der Waals surface area (Å²) >= 11 is 0. The van der Waals surface area contributed by atoms with E-state index in [1.165, 1.54) is 104 Å². The minimum absolute atomic E-state index is 0.0937. The maximum Gasteiger partial charge on any atom is 0.252 e. The van der Waals surface area contributed by atoms with Crippen molar-refractivity contribution in [1.29, 1.82) is 0 Å². The molecule has 0 saturated heterocycles. The average Bonchev–Trinajstić information content (AvgIpc) is 1.04. The number of hydrogen-bond acceptors (Lipinski definition) is 2. The van der Waals surface area contributed by atoms with Gasteiger partial charge < -0.3 is 14.4 Å². The first-order valence-electron chi connectivity index (χ1n) is 36.3. The summed E-state index contributed by atoms with van der Waals surface area (Å²) in [4.78, 5) is 5.45. The molecule has 0 saturated carbocycles. The molecule has 0 N–H and O–H groups in total. The van der Waals surface area contributed by atoms with Gasteiger partial charge in [0.15, 0.2) is 0 Å². The highest BCUT2D eigenvalue weighted by Crippen LogP contribution is 2.56. The molecular formula is C98H78BN3. The number of nitrogens with zero attached hydrogens (tertiary/aromatic N) is 3. The van der Waals surface area contributed by atoms with Crippen molar-refractivity contribution in [2.45, 2.75) is 78.6 Å². The van der Waals surface area contributed by atoms with E-state index in [4.69, 9.17) is 0 Å². The fraction of sp³-hybridized carbons (Fsp3) is 0.122. The topological polar surface area (TPSA) is 11.4 Å². The predicted molar refractivity (Wildman–Crippen MR) is 438 cm³/mol. The van der Waals surface area contributed by atoms with Crippen molar-refractivity contribution >= 4 is 111 Å². The zero-order valence-electron chi connectivity index (χ0n) is 59.4. The van der Waals surface area contributed by atoms with Crippen molar-refractivity contribution in [3.63, 3.8) is 0 Å². The van der Waals surface area contributed by atoms with Gasteiger partial charge in [0.2, 0.25) is 0 Å². The van der Waals surface area contributed by atoms with Crippen LogP contribution in [-0.4, -0.2) is 11.3 Å². The molecule has 488 valence electrons. The van der Waals surface area contributed by atoms with E-state index in [9.17, 15) is 0 Å². The molecule has 1 aromatic heterocycles. The standard InChI is InChI=1S/C98H78BN3/c1-96(2,3)71-52-69(53-72(57-71)97(4,5)6)68-44-48-81-85(56-68)101(95-79(64-34-21-13-22-35-64)54-70(61-28-15-10-16-29-61)55-80(95)65-36-23-14-24-37-65)87-58-73(98(7,8)9)59-88-93(87)99(81)82-49-47-74(60-86(82)102(88)94-75(62-30-17-11-18-31-62)40-27-41-76(94)63-32-19-12-20-33-63)100-83-50-45-66-38-25-42-77-78-43-26-39-67-46-51-84(100)92(90(67)78)91(83)89(66)77/h10-60H,1-9H3. The average molecular weight is 1310 g/mol. The maximum atomic E-state index is 2.73. The van der Waals surface area contributed by atoms with E-state index in [1.54, 1.807) is 0 Å². The second-order valence-corrected chi connectivity index (χ2v) is 31.6. The molecule has 0 amide bonds. The summed E-state index contributed by atoms with van der Waals surface area (Å²) in [6.07, 6.45) is 0. The highest BCUT2D eigenvalue weighted by Gasteiger charge is 2.46. The fourth-order valence-corrected chi connectivity index (χ4v) is 17.2. The number of aromatic nitrogens is 1. The van der Waals surface area contributed by atoms with Gasteiger partial charge in [-0.2, -0.15) is 0 Å². The molecule has 0 aliphatic carbocycles. The van der Waals surface area contributed by atoms with Crippen LogP contribution in [0.3, 0.4) is 0 Å². The van der Waals surface area contributed by atoms with E-state index in [1.807, 2.05) is 0 Å². The third kappa shape index (κ3) is 9.63. The monoisotopic (exact) mass is 1310 g/mol. The molecule has 0 radical (unpaired) electrons. The Labute approximate surface area is 599 Å². The van der Waals surface area contributed by atoms with E-state index in [0.717, 1.165) is 89.9 Å². The van der Waals surface area contributed by atoms with E-state index >= 15 is 0 Å². The number of fused-ring (bicyclic) bond motifs is 5. The SMILES string of the molecule is CC(C)(C)c1cc(-c2ccc3c(c2)N(c2c(-c4ccccc4)cc(-c4ccccc4)cc2-c2ccccc2)c2cc(C(C)(C)C)cc4c2B3c2ccc(-n3c5ccc6cccc7c8cccc9ccc3c(c98)c5c67)cc2N4c2c(-c3ccccc3)cccc2-c2ccccc2)cc(C(C)(C)C)c1. The highest BCUT2D eigenvalue weighted by molar-refractivity contribution is 7.00. The van der Waals surface area contributed by atoms with Crippen LogP contribution in [0.15, 0.2) is 309 Å². The lowest BCUT2D eigenvalue weighted by atomic mass is 9.33. The van der Waals surface area contributed by atoms with Crippen molar-refractivity contribution in [3.8, 4) is 72.4 Å². The van der Waals surface area contributed by atoms with Crippen molar-refractivity contribution in [1.82, 2.24) is 4.57 Å². The second kappa shape index (κ2) is 22.9. The lowest BCUT2D eigenvalue weighted by Crippen LogP contribution is -2.61. The van der Waals surface area contributed by atoms with Crippen LogP contribution in [0, 0.1) is 0 Å². The van der Waals surface area contributed by atoms with Crippen LogP contribution in [0.4, 0.5) is 34.1 Å². The molecule has 0 atom stereocenters. The van der Waals surface area contributed by atoms with Crippen LogP contribution in [0.1, 0.15) is 79.0 Å². The second-order valence-electron chi connectivity index (χ2n) is 31.6. The molecule has 2 aliphatic heterocycles. The van der Waals surface area contributed by atoms with E-state index in [0.29, 0.717) is 0 Å². The Bertz CT molecular complexity index is 5910. The van der Waals surface area contributed by atoms with Crippen LogP contribution in [-0.2, 0) is 16.2 Å². The summed E-state index contributed by atoms with van der Waals surface area (Å²) in [6.45, 7) is 21.1. The largest absolute Gasteiger partial charge is 0.310 e. The van der Waals surface area contributed by atoms with E-state index in [2.05, 4.69) is 386 Å². The Balaban J connectivity index is 0.983. The van der Waals surface area contributed by atoms with Crippen LogP contribution < -0.4 is 26.2 Å². The summed E-state index contributed by atoms with van der Waals surface area (Å²) < 4.78 is 2.59. The predicted octanol–water partition coefficient (Wildman–Crippen LogP) is 25.1. The van der Waals surface area contributed by atoms with Gasteiger partial charge in [0, 0.05) is 61.5 Å². The fourth-order valence-electron chi connectivity index (χ4n) is 17.2. The number of anilines is 6. The molecule has 2 aliphatic rings. The molecule has 0 spiro atoms. The van der Waals surface area contributed by atoms with Crippen LogP contribution in [0.5, 0.6) is 0 Å². The van der Waals surface area contributed by atoms with Gasteiger partial charge in [-0.1, -0.05) is 317 Å². The number of hydrogen-bond donors (Lipinski definition) is 0. The summed E-state index contributed by atoms with van der Waals surface area (Å²) in [5, 5.41) is 10.4. The maximum absolute atomic E-state index is 2.73. The number of benzene rings is 16. The van der Waals surface area contributed by atoms with Gasteiger partial charge in [-0.25, -0.2) is 0 Å². The van der Waals surface area contributed by atoms with Gasteiger partial charge in [-0.15, -0.1) is 0 Å². The molecule has 19 rings (SSSR count). The molecule has 17 aromatic rings. The van der Waals surface area contributed by atoms with Crippen molar-refractivity contribution in [2.75, 3.05) is 9.80 Å². The molecule has 3 nitrogen and oxygen atoms in total. The Kier molecular flexibility index (Phi) is 13.8. The van der Waals surface area contributed by atoms with Gasteiger partial charge >= 0.3 is 0 Å². The summed E-state index contributed by atoms with van der Waals surface area (Å²) in [6, 6.07) is 118. The third-order valence-corrected chi connectivity index (χ3v) is 22.3. The molecule has 0 bridgehead atoms. The van der Waals surface area contributed by atoms with Crippen LogP contribution in [0.25, 0.3) is 127 Å². The minimum Gasteiger partial charge on any atom is -0.310 e. The zero-order chi connectivity index (χ0) is 69.1. The van der Waals surface area contributed by atoms with Gasteiger partial charge in [0.05, 0.1) is 22.4 Å². The molecule has 3 heterocycles. The van der Waals surface area contributed by atoms with Crippen LogP contribution in [0.2, 0.25) is 0 Å². The van der Waals surface area contributed by atoms with E-state index in [-0.39, 0.29) is 23.0 Å². The van der Waals surface area contributed by atoms with Gasteiger partial charge in [0.25, 0.3) is 6.71 Å². The number of para-hydroxylation sites is 1. The van der Waals surface area contributed by atoms with Gasteiger partial charge in [-0.3, -0.25) is 0 Å². The van der Waals surface area contributed by atoms with Crippen molar-refractivity contribution in [3.05, 3.63) is 326 Å². The first-order chi connectivity index (χ1) is 49.5. The summed E-state index contributed by atoms with van der Waals surface area (Å²) in [5.74, 6) is 0. The van der Waals surface area contributed by atoms with E-state index < -0.39 is 0 Å².